The molecule has 1 aromatic heterocycles. The van der Waals surface area contributed by atoms with E-state index in [1.807, 2.05) is 48.1 Å². The normalized spacial score (nSPS) is 13.9. The van der Waals surface area contributed by atoms with Crippen LogP contribution in [-0.4, -0.2) is 14.9 Å². The van der Waals surface area contributed by atoms with Gasteiger partial charge in [-0.15, -0.1) is 0 Å². The Bertz CT molecular complexity index is 565. The highest BCUT2D eigenvalue weighted by atomic mass is 16.5. The van der Waals surface area contributed by atoms with Crippen molar-refractivity contribution in [2.75, 3.05) is 0 Å². The number of hydrogen-bond donors (Lipinski definition) is 1. The molecule has 4 nitrogen and oxygen atoms in total. The largest absolute Gasteiger partial charge is 0.487 e. The van der Waals surface area contributed by atoms with Gasteiger partial charge in [0.05, 0.1) is 11.8 Å². The van der Waals surface area contributed by atoms with E-state index in [4.69, 9.17) is 4.74 Å². The van der Waals surface area contributed by atoms with E-state index in [0.717, 1.165) is 23.4 Å². The molecule has 114 valence electrons. The van der Waals surface area contributed by atoms with Crippen molar-refractivity contribution in [3.8, 4) is 5.75 Å². The second-order valence-corrected chi connectivity index (χ2v) is 5.29. The average molecular weight is 288 g/mol. The minimum absolute atomic E-state index is 0.396. The molecular weight excluding hydrogens is 264 g/mol. The number of benzene rings is 1. The molecule has 21 heavy (non-hydrogen) atoms. The Hall–Kier alpha value is -1.81. The molecule has 2 rings (SSSR count). The summed E-state index contributed by atoms with van der Waals surface area (Å²) in [4.78, 5) is 0. The fraction of sp³-hybridized carbons (Fsp3) is 0.471. The van der Waals surface area contributed by atoms with Crippen molar-refractivity contribution in [2.45, 2.75) is 52.4 Å². The molecule has 0 aliphatic rings. The molecule has 2 aromatic rings. The summed E-state index contributed by atoms with van der Waals surface area (Å²) in [5, 5.41) is 14.5. The van der Waals surface area contributed by atoms with Crippen LogP contribution >= 0.6 is 0 Å². The van der Waals surface area contributed by atoms with Crippen molar-refractivity contribution in [1.29, 1.82) is 0 Å². The maximum atomic E-state index is 10.0. The van der Waals surface area contributed by atoms with E-state index < -0.39 is 6.10 Å². The molecule has 0 bridgehead atoms. The molecule has 0 fully saturated rings. The SMILES string of the molecule is CCC(C)n1ccc(COc2ccccc2[C@H](O)CC)n1. The Labute approximate surface area is 126 Å². The Morgan fingerprint density at radius 3 is 2.67 bits per heavy atom. The van der Waals surface area contributed by atoms with E-state index >= 15 is 0 Å². The number of aromatic nitrogens is 2. The average Bonchev–Trinajstić information content (AvgIpc) is 3.00. The molecule has 0 saturated heterocycles. The first-order valence-electron chi connectivity index (χ1n) is 7.59. The van der Waals surface area contributed by atoms with Crippen LogP contribution in [-0.2, 0) is 6.61 Å². The van der Waals surface area contributed by atoms with Crippen molar-refractivity contribution in [1.82, 2.24) is 9.78 Å². The first-order chi connectivity index (χ1) is 10.2. The quantitative estimate of drug-likeness (QED) is 0.841. The molecule has 1 N–H and O–H groups in total. The van der Waals surface area contributed by atoms with E-state index in [0.29, 0.717) is 19.1 Å². The monoisotopic (exact) mass is 288 g/mol. The van der Waals surface area contributed by atoms with Crippen LogP contribution in [0.5, 0.6) is 5.75 Å². The maximum Gasteiger partial charge on any atom is 0.132 e. The molecule has 4 heteroatoms. The third kappa shape index (κ3) is 3.85. The van der Waals surface area contributed by atoms with Gasteiger partial charge in [0, 0.05) is 17.8 Å². The Kier molecular flexibility index (Phi) is 5.39. The summed E-state index contributed by atoms with van der Waals surface area (Å²) in [6, 6.07) is 10.00. The highest BCUT2D eigenvalue weighted by Gasteiger charge is 2.12. The zero-order valence-corrected chi connectivity index (χ0v) is 13.0. The van der Waals surface area contributed by atoms with Gasteiger partial charge < -0.3 is 9.84 Å². The first-order valence-corrected chi connectivity index (χ1v) is 7.59. The molecule has 0 aliphatic carbocycles. The number of para-hydroxylation sites is 1. The van der Waals surface area contributed by atoms with E-state index in [9.17, 15) is 5.11 Å². The molecule has 0 amide bonds. The fourth-order valence-corrected chi connectivity index (χ4v) is 2.15. The smallest absolute Gasteiger partial charge is 0.132 e. The topological polar surface area (TPSA) is 47.3 Å². The molecule has 1 aromatic carbocycles. The molecular formula is C17H24N2O2. The van der Waals surface area contributed by atoms with Gasteiger partial charge in [-0.1, -0.05) is 32.0 Å². The summed E-state index contributed by atoms with van der Waals surface area (Å²) < 4.78 is 7.80. The summed E-state index contributed by atoms with van der Waals surface area (Å²) in [6.07, 6.45) is 3.22. The van der Waals surface area contributed by atoms with Gasteiger partial charge in [-0.25, -0.2) is 0 Å². The highest BCUT2D eigenvalue weighted by Crippen LogP contribution is 2.27. The van der Waals surface area contributed by atoms with Crippen molar-refractivity contribution >= 4 is 0 Å². The van der Waals surface area contributed by atoms with Gasteiger partial charge in [0.2, 0.25) is 0 Å². The zero-order chi connectivity index (χ0) is 15.2. The van der Waals surface area contributed by atoms with Crippen molar-refractivity contribution in [2.24, 2.45) is 0 Å². The van der Waals surface area contributed by atoms with Gasteiger partial charge in [0.25, 0.3) is 0 Å². The van der Waals surface area contributed by atoms with Crippen molar-refractivity contribution in [3.63, 3.8) is 0 Å². The van der Waals surface area contributed by atoms with Gasteiger partial charge in [0.15, 0.2) is 0 Å². The minimum Gasteiger partial charge on any atom is -0.487 e. The van der Waals surface area contributed by atoms with Crippen LogP contribution in [0.4, 0.5) is 0 Å². The van der Waals surface area contributed by atoms with Crippen LogP contribution in [0.3, 0.4) is 0 Å². The lowest BCUT2D eigenvalue weighted by Gasteiger charge is -2.14. The van der Waals surface area contributed by atoms with Crippen molar-refractivity contribution < 1.29 is 9.84 Å². The van der Waals surface area contributed by atoms with Gasteiger partial charge in [-0.3, -0.25) is 4.68 Å². The molecule has 0 spiro atoms. The molecule has 1 heterocycles. The number of aliphatic hydroxyl groups excluding tert-OH is 1. The number of ether oxygens (including phenoxy) is 1. The van der Waals surface area contributed by atoms with Gasteiger partial charge >= 0.3 is 0 Å². The van der Waals surface area contributed by atoms with Crippen LogP contribution in [0.15, 0.2) is 36.5 Å². The van der Waals surface area contributed by atoms with Crippen LogP contribution in [0, 0.1) is 0 Å². The van der Waals surface area contributed by atoms with E-state index in [-0.39, 0.29) is 0 Å². The van der Waals surface area contributed by atoms with Gasteiger partial charge in [0.1, 0.15) is 12.4 Å². The fourth-order valence-electron chi connectivity index (χ4n) is 2.15. The number of rotatable bonds is 7. The molecule has 1 unspecified atom stereocenters. The molecule has 0 radical (unpaired) electrons. The van der Waals surface area contributed by atoms with E-state index in [2.05, 4.69) is 18.9 Å². The number of nitrogens with zero attached hydrogens (tertiary/aromatic N) is 2. The van der Waals surface area contributed by atoms with Crippen LogP contribution in [0.2, 0.25) is 0 Å². The predicted octanol–water partition coefficient (Wildman–Crippen LogP) is 3.88. The summed E-state index contributed by atoms with van der Waals surface area (Å²) in [6.45, 7) is 6.65. The van der Waals surface area contributed by atoms with Gasteiger partial charge in [-0.2, -0.15) is 5.10 Å². The van der Waals surface area contributed by atoms with Gasteiger partial charge in [-0.05, 0) is 31.9 Å². The third-order valence-corrected chi connectivity index (χ3v) is 3.75. The van der Waals surface area contributed by atoms with E-state index in [1.54, 1.807) is 0 Å². The second-order valence-electron chi connectivity index (χ2n) is 5.29. The summed E-state index contributed by atoms with van der Waals surface area (Å²) in [5.74, 6) is 0.727. The van der Waals surface area contributed by atoms with E-state index in [1.165, 1.54) is 0 Å². The summed E-state index contributed by atoms with van der Waals surface area (Å²) >= 11 is 0. The summed E-state index contributed by atoms with van der Waals surface area (Å²) in [5.41, 5.74) is 1.73. The van der Waals surface area contributed by atoms with Crippen LogP contribution < -0.4 is 4.74 Å². The lowest BCUT2D eigenvalue weighted by atomic mass is 10.1. The Morgan fingerprint density at radius 2 is 1.95 bits per heavy atom. The predicted molar refractivity (Wildman–Crippen MR) is 83.3 cm³/mol. The third-order valence-electron chi connectivity index (χ3n) is 3.75. The Balaban J connectivity index is 2.05. The lowest BCUT2D eigenvalue weighted by Crippen LogP contribution is -2.06. The van der Waals surface area contributed by atoms with Crippen molar-refractivity contribution in [3.05, 3.63) is 47.8 Å². The standard InChI is InChI=1S/C17H24N2O2/c1-4-13(3)19-11-10-14(18-19)12-21-17-9-7-6-8-15(17)16(20)5-2/h6-11,13,16,20H,4-5,12H2,1-3H3/t13?,16-/m1/s1. The number of hydrogen-bond acceptors (Lipinski definition) is 3. The molecule has 0 saturated carbocycles. The first kappa shape index (κ1) is 15.6. The van der Waals surface area contributed by atoms with Crippen LogP contribution in [0.1, 0.15) is 57.0 Å². The highest BCUT2D eigenvalue weighted by molar-refractivity contribution is 5.35. The molecule has 0 aliphatic heterocycles. The lowest BCUT2D eigenvalue weighted by molar-refractivity contribution is 0.166. The minimum atomic E-state index is -0.487. The maximum absolute atomic E-state index is 10.0. The van der Waals surface area contributed by atoms with Crippen LogP contribution in [0.25, 0.3) is 0 Å². The Morgan fingerprint density at radius 1 is 1.19 bits per heavy atom. The molecule has 2 atom stereocenters. The summed E-state index contributed by atoms with van der Waals surface area (Å²) in [7, 11) is 0. The zero-order valence-electron chi connectivity index (χ0n) is 13.0. The number of aliphatic hydroxyl groups is 1. The second kappa shape index (κ2) is 7.27.